The van der Waals surface area contributed by atoms with Crippen molar-refractivity contribution in [1.82, 2.24) is 10.6 Å². The number of benzene rings is 1. The van der Waals surface area contributed by atoms with E-state index in [-0.39, 0.29) is 17.2 Å². The van der Waals surface area contributed by atoms with Crippen molar-refractivity contribution < 1.29 is 18.0 Å². The third kappa shape index (κ3) is 4.54. The molecule has 7 nitrogen and oxygen atoms in total. The summed E-state index contributed by atoms with van der Waals surface area (Å²) in [6.45, 7) is 1.48. The summed E-state index contributed by atoms with van der Waals surface area (Å²) in [5.41, 5.74) is 0.590. The first kappa shape index (κ1) is 16.0. The van der Waals surface area contributed by atoms with Crippen molar-refractivity contribution in [2.45, 2.75) is 11.8 Å². The minimum absolute atomic E-state index is 0.0360. The van der Waals surface area contributed by atoms with Gasteiger partial charge in [0.05, 0.1) is 17.2 Å². The molecule has 110 valence electrons. The van der Waals surface area contributed by atoms with E-state index in [0.717, 1.165) is 0 Å². The fraction of sp³-hybridized carbons (Fsp3) is 0.333. The number of rotatable bonds is 5. The zero-order chi connectivity index (χ0) is 15.2. The molecule has 8 heteroatoms. The smallest absolute Gasteiger partial charge is 0.321 e. The molecule has 0 saturated carbocycles. The zero-order valence-electron chi connectivity index (χ0n) is 11.3. The van der Waals surface area contributed by atoms with Crippen LogP contribution in [0.3, 0.4) is 0 Å². The lowest BCUT2D eigenvalue weighted by Gasteiger charge is -2.07. The van der Waals surface area contributed by atoms with Crippen LogP contribution in [0.25, 0.3) is 0 Å². The monoisotopic (exact) mass is 299 g/mol. The van der Waals surface area contributed by atoms with E-state index >= 15 is 0 Å². The number of carbonyl (C=O) groups excluding carboxylic acids is 2. The second kappa shape index (κ2) is 6.90. The highest BCUT2D eigenvalue weighted by molar-refractivity contribution is 7.91. The van der Waals surface area contributed by atoms with E-state index < -0.39 is 21.8 Å². The van der Waals surface area contributed by atoms with Crippen molar-refractivity contribution in [1.29, 1.82) is 0 Å². The number of hydrogen-bond donors (Lipinski definition) is 3. The molecule has 0 fully saturated rings. The van der Waals surface area contributed by atoms with Gasteiger partial charge >= 0.3 is 6.03 Å². The van der Waals surface area contributed by atoms with E-state index in [9.17, 15) is 18.0 Å². The summed E-state index contributed by atoms with van der Waals surface area (Å²) >= 11 is 0. The molecular weight excluding hydrogens is 282 g/mol. The van der Waals surface area contributed by atoms with E-state index in [0.29, 0.717) is 5.69 Å². The molecule has 0 spiro atoms. The van der Waals surface area contributed by atoms with E-state index in [1.165, 1.54) is 19.2 Å². The van der Waals surface area contributed by atoms with Gasteiger partial charge in [0.15, 0.2) is 9.84 Å². The molecule has 0 atom stereocenters. The highest BCUT2D eigenvalue weighted by atomic mass is 32.2. The van der Waals surface area contributed by atoms with Gasteiger partial charge in [-0.25, -0.2) is 13.2 Å². The second-order valence-corrected chi connectivity index (χ2v) is 6.19. The molecule has 0 heterocycles. The number of sulfone groups is 1. The third-order valence-electron chi connectivity index (χ3n) is 2.53. The van der Waals surface area contributed by atoms with Gasteiger partial charge in [-0.2, -0.15) is 0 Å². The Bertz CT molecular complexity index is 581. The summed E-state index contributed by atoms with van der Waals surface area (Å²) < 4.78 is 23.2. The number of anilines is 1. The Kier molecular flexibility index (Phi) is 5.51. The van der Waals surface area contributed by atoms with Gasteiger partial charge in [0.2, 0.25) is 5.91 Å². The molecule has 0 unspecified atom stereocenters. The molecule has 0 aliphatic heterocycles. The highest BCUT2D eigenvalue weighted by Gasteiger charge is 2.11. The maximum atomic E-state index is 11.6. The summed E-state index contributed by atoms with van der Waals surface area (Å²) in [4.78, 5) is 22.4. The molecular formula is C12H17N3O4S. The van der Waals surface area contributed by atoms with Crippen LogP contribution < -0.4 is 16.0 Å². The average Bonchev–Trinajstić information content (AvgIpc) is 2.45. The predicted octanol–water partition coefficient (Wildman–Crippen LogP) is 0.348. The summed E-state index contributed by atoms with van der Waals surface area (Å²) in [7, 11) is -1.82. The van der Waals surface area contributed by atoms with Crippen molar-refractivity contribution in [3.63, 3.8) is 0 Å². The number of urea groups is 1. The molecule has 1 aromatic carbocycles. The topological polar surface area (TPSA) is 104 Å². The van der Waals surface area contributed by atoms with Gasteiger partial charge in [0.25, 0.3) is 0 Å². The Morgan fingerprint density at radius 3 is 2.25 bits per heavy atom. The quantitative estimate of drug-likeness (QED) is 0.727. The lowest BCUT2D eigenvalue weighted by atomic mass is 10.3. The summed E-state index contributed by atoms with van der Waals surface area (Å²) in [6.07, 6.45) is 0. The van der Waals surface area contributed by atoms with Crippen LogP contribution in [-0.4, -0.2) is 39.7 Å². The van der Waals surface area contributed by atoms with Crippen LogP contribution in [0.5, 0.6) is 0 Å². The Hall–Kier alpha value is -2.09. The first-order valence-corrected chi connectivity index (χ1v) is 7.62. The first-order valence-electron chi connectivity index (χ1n) is 5.97. The first-order chi connectivity index (χ1) is 9.39. The zero-order valence-corrected chi connectivity index (χ0v) is 12.1. The maximum absolute atomic E-state index is 11.6. The number of imide groups is 1. The molecule has 3 amide bonds. The number of nitrogens with one attached hydrogen (secondary N) is 3. The van der Waals surface area contributed by atoms with Crippen LogP contribution in [0.4, 0.5) is 10.5 Å². The van der Waals surface area contributed by atoms with Gasteiger partial charge in [-0.15, -0.1) is 0 Å². The molecule has 1 aromatic rings. The largest absolute Gasteiger partial charge is 0.376 e. The Morgan fingerprint density at radius 2 is 1.75 bits per heavy atom. The molecule has 20 heavy (non-hydrogen) atoms. The van der Waals surface area contributed by atoms with Crippen LogP contribution in [0, 0.1) is 0 Å². The van der Waals surface area contributed by atoms with Gasteiger partial charge in [-0.3, -0.25) is 10.1 Å². The van der Waals surface area contributed by atoms with Crippen molar-refractivity contribution in [2.24, 2.45) is 0 Å². The average molecular weight is 299 g/mol. The molecule has 0 aromatic heterocycles. The minimum atomic E-state index is -3.23. The van der Waals surface area contributed by atoms with Crippen LogP contribution >= 0.6 is 0 Å². The Labute approximate surface area is 117 Å². The molecule has 0 aliphatic rings. The Balaban J connectivity index is 2.59. The van der Waals surface area contributed by atoms with Gasteiger partial charge in [0, 0.05) is 12.7 Å². The molecule has 0 bridgehead atoms. The van der Waals surface area contributed by atoms with Gasteiger partial charge in [-0.1, -0.05) is 6.92 Å². The van der Waals surface area contributed by atoms with Crippen molar-refractivity contribution in [3.8, 4) is 0 Å². The predicted molar refractivity (Wildman–Crippen MR) is 75.3 cm³/mol. The standard InChI is InChI=1S/C12H17N3O4S/c1-3-20(18,19)10-6-4-9(5-7-10)14-8-11(16)15-12(17)13-2/h4-7,14H,3,8H2,1-2H3,(H2,13,15,16,17). The van der Waals surface area contributed by atoms with Crippen LogP contribution in [0.2, 0.25) is 0 Å². The minimum Gasteiger partial charge on any atom is -0.376 e. The summed E-state index contributed by atoms with van der Waals surface area (Å²) in [6, 6.07) is 5.49. The normalized spacial score (nSPS) is 10.7. The van der Waals surface area contributed by atoms with E-state index in [1.807, 2.05) is 0 Å². The van der Waals surface area contributed by atoms with Gasteiger partial charge < -0.3 is 10.6 Å². The molecule has 0 aliphatic carbocycles. The highest BCUT2D eigenvalue weighted by Crippen LogP contribution is 2.14. The van der Waals surface area contributed by atoms with Crippen molar-refractivity contribution in [3.05, 3.63) is 24.3 Å². The summed E-state index contributed by atoms with van der Waals surface area (Å²) in [5.74, 6) is -0.455. The number of hydrogen-bond acceptors (Lipinski definition) is 5. The maximum Gasteiger partial charge on any atom is 0.321 e. The molecule has 0 radical (unpaired) electrons. The van der Waals surface area contributed by atoms with Gasteiger partial charge in [0.1, 0.15) is 0 Å². The van der Waals surface area contributed by atoms with Crippen LogP contribution in [0.1, 0.15) is 6.92 Å². The summed E-state index contributed by atoms with van der Waals surface area (Å²) in [5, 5.41) is 7.14. The SMILES string of the molecule is CCS(=O)(=O)c1ccc(NCC(=O)NC(=O)NC)cc1. The second-order valence-electron chi connectivity index (χ2n) is 3.91. The number of amides is 3. The van der Waals surface area contributed by atoms with E-state index in [2.05, 4.69) is 16.0 Å². The van der Waals surface area contributed by atoms with Crippen molar-refractivity contribution >= 4 is 27.5 Å². The molecule has 3 N–H and O–H groups in total. The van der Waals surface area contributed by atoms with Crippen LogP contribution in [-0.2, 0) is 14.6 Å². The lowest BCUT2D eigenvalue weighted by molar-refractivity contribution is -0.118. The van der Waals surface area contributed by atoms with Gasteiger partial charge in [-0.05, 0) is 24.3 Å². The molecule has 1 rings (SSSR count). The lowest BCUT2D eigenvalue weighted by Crippen LogP contribution is -2.40. The van der Waals surface area contributed by atoms with E-state index in [4.69, 9.17) is 0 Å². The van der Waals surface area contributed by atoms with Crippen LogP contribution in [0.15, 0.2) is 29.2 Å². The number of carbonyl (C=O) groups is 2. The van der Waals surface area contributed by atoms with E-state index in [1.54, 1.807) is 19.1 Å². The fourth-order valence-corrected chi connectivity index (χ4v) is 2.25. The molecule has 0 saturated heterocycles. The Morgan fingerprint density at radius 1 is 1.15 bits per heavy atom. The third-order valence-corrected chi connectivity index (χ3v) is 4.28. The fourth-order valence-electron chi connectivity index (χ4n) is 1.36. The van der Waals surface area contributed by atoms with Crippen molar-refractivity contribution in [2.75, 3.05) is 24.7 Å².